The van der Waals surface area contributed by atoms with E-state index in [0.717, 1.165) is 5.56 Å². The monoisotopic (exact) mass is 247 g/mol. The molecule has 2 aromatic rings. The molecule has 1 aromatic carbocycles. The van der Waals surface area contributed by atoms with Crippen LogP contribution in [0.5, 0.6) is 0 Å². The molecule has 0 spiro atoms. The molecule has 0 N–H and O–H groups in total. The molecule has 0 bridgehead atoms. The first-order chi connectivity index (χ1) is 8.74. The summed E-state index contributed by atoms with van der Waals surface area (Å²) >= 11 is 0. The normalized spacial score (nSPS) is 10.3. The van der Waals surface area contributed by atoms with Crippen LogP contribution in [0.25, 0.3) is 11.3 Å². The Balaban J connectivity index is 2.20. The zero-order valence-electron chi connectivity index (χ0n) is 10.2. The van der Waals surface area contributed by atoms with Crippen molar-refractivity contribution in [1.82, 2.24) is 5.16 Å². The summed E-state index contributed by atoms with van der Waals surface area (Å²) in [5.74, 6) is 0.298. The Bertz CT molecular complexity index is 530. The van der Waals surface area contributed by atoms with Crippen molar-refractivity contribution in [2.75, 3.05) is 14.2 Å². The number of rotatable bonds is 4. The first-order valence-corrected chi connectivity index (χ1v) is 5.38. The van der Waals surface area contributed by atoms with Gasteiger partial charge in [-0.05, 0) is 12.1 Å². The van der Waals surface area contributed by atoms with Crippen molar-refractivity contribution in [1.29, 1.82) is 0 Å². The predicted octanol–water partition coefficient (Wildman–Crippen LogP) is 2.27. The molecule has 18 heavy (non-hydrogen) atoms. The Hall–Kier alpha value is -2.14. The Labute approximate surface area is 104 Å². The molecule has 0 aliphatic heterocycles. The molecular formula is C13H13NO4. The van der Waals surface area contributed by atoms with Crippen LogP contribution in [0.1, 0.15) is 16.1 Å². The smallest absolute Gasteiger partial charge is 0.337 e. The van der Waals surface area contributed by atoms with Crippen LogP contribution < -0.4 is 0 Å². The van der Waals surface area contributed by atoms with Crippen LogP contribution in [-0.2, 0) is 16.1 Å². The largest absolute Gasteiger partial charge is 0.465 e. The molecule has 2 rings (SSSR count). The van der Waals surface area contributed by atoms with Gasteiger partial charge in [0.2, 0.25) is 0 Å². The molecule has 1 aromatic heterocycles. The number of hydrogen-bond acceptors (Lipinski definition) is 5. The van der Waals surface area contributed by atoms with Gasteiger partial charge in [-0.3, -0.25) is 0 Å². The molecule has 0 atom stereocenters. The molecule has 5 nitrogen and oxygen atoms in total. The Morgan fingerprint density at radius 3 is 2.61 bits per heavy atom. The maximum atomic E-state index is 11.3. The highest BCUT2D eigenvalue weighted by molar-refractivity contribution is 5.89. The van der Waals surface area contributed by atoms with E-state index >= 15 is 0 Å². The number of carbonyl (C=O) groups excluding carboxylic acids is 1. The van der Waals surface area contributed by atoms with Crippen molar-refractivity contribution in [3.05, 3.63) is 41.7 Å². The van der Waals surface area contributed by atoms with Gasteiger partial charge in [-0.1, -0.05) is 17.3 Å². The highest BCUT2D eigenvalue weighted by Gasteiger charge is 2.08. The zero-order chi connectivity index (χ0) is 13.0. The quantitative estimate of drug-likeness (QED) is 0.775. The third kappa shape index (κ3) is 2.57. The van der Waals surface area contributed by atoms with Gasteiger partial charge in [0.05, 0.1) is 12.7 Å². The first kappa shape index (κ1) is 12.3. The number of esters is 1. The van der Waals surface area contributed by atoms with E-state index in [-0.39, 0.29) is 5.97 Å². The maximum absolute atomic E-state index is 11.3. The van der Waals surface area contributed by atoms with Gasteiger partial charge in [0, 0.05) is 18.7 Å². The van der Waals surface area contributed by atoms with E-state index in [1.165, 1.54) is 7.11 Å². The van der Waals surface area contributed by atoms with E-state index in [2.05, 4.69) is 9.89 Å². The number of aromatic nitrogens is 1. The lowest BCUT2D eigenvalue weighted by Gasteiger charge is -1.99. The number of benzene rings is 1. The molecule has 0 aliphatic rings. The molecule has 94 valence electrons. The summed E-state index contributed by atoms with van der Waals surface area (Å²) in [5, 5.41) is 3.93. The van der Waals surface area contributed by atoms with Gasteiger partial charge in [-0.15, -0.1) is 0 Å². The minimum atomic E-state index is -0.359. The van der Waals surface area contributed by atoms with Gasteiger partial charge in [0.1, 0.15) is 12.3 Å². The highest BCUT2D eigenvalue weighted by Crippen LogP contribution is 2.20. The van der Waals surface area contributed by atoms with Gasteiger partial charge in [0.15, 0.2) is 5.76 Å². The van der Waals surface area contributed by atoms with Crippen molar-refractivity contribution >= 4 is 5.97 Å². The lowest BCUT2D eigenvalue weighted by atomic mass is 10.1. The lowest BCUT2D eigenvalue weighted by molar-refractivity contribution is 0.0601. The van der Waals surface area contributed by atoms with Crippen LogP contribution in [0.4, 0.5) is 0 Å². The number of hydrogen-bond donors (Lipinski definition) is 0. The lowest BCUT2D eigenvalue weighted by Crippen LogP contribution is -2.00. The van der Waals surface area contributed by atoms with Crippen LogP contribution >= 0.6 is 0 Å². The molecule has 1 heterocycles. The number of carbonyl (C=O) groups is 1. The molecular weight excluding hydrogens is 234 g/mol. The van der Waals surface area contributed by atoms with E-state index in [0.29, 0.717) is 23.6 Å². The Kier molecular flexibility index (Phi) is 3.74. The van der Waals surface area contributed by atoms with E-state index in [4.69, 9.17) is 9.26 Å². The van der Waals surface area contributed by atoms with Crippen LogP contribution in [-0.4, -0.2) is 25.3 Å². The fourth-order valence-electron chi connectivity index (χ4n) is 1.55. The van der Waals surface area contributed by atoms with Crippen LogP contribution in [0.15, 0.2) is 34.9 Å². The average Bonchev–Trinajstić information content (AvgIpc) is 2.87. The van der Waals surface area contributed by atoms with E-state index in [9.17, 15) is 4.79 Å². The molecule has 0 saturated heterocycles. The topological polar surface area (TPSA) is 61.6 Å². The average molecular weight is 247 g/mol. The van der Waals surface area contributed by atoms with Crippen LogP contribution in [0.3, 0.4) is 0 Å². The maximum Gasteiger partial charge on any atom is 0.337 e. The summed E-state index contributed by atoms with van der Waals surface area (Å²) in [7, 11) is 2.94. The second-order valence-corrected chi connectivity index (χ2v) is 3.68. The van der Waals surface area contributed by atoms with E-state index in [1.807, 2.05) is 0 Å². The molecule has 0 fully saturated rings. The Morgan fingerprint density at radius 2 is 2.00 bits per heavy atom. The molecule has 0 saturated carbocycles. The zero-order valence-corrected chi connectivity index (χ0v) is 10.2. The van der Waals surface area contributed by atoms with Crippen molar-refractivity contribution in [3.63, 3.8) is 0 Å². The number of ether oxygens (including phenoxy) is 2. The second-order valence-electron chi connectivity index (χ2n) is 3.68. The minimum Gasteiger partial charge on any atom is -0.465 e. The second kappa shape index (κ2) is 5.46. The number of methoxy groups -OCH3 is 2. The molecule has 0 aliphatic carbocycles. The highest BCUT2D eigenvalue weighted by atomic mass is 16.5. The fourth-order valence-corrected chi connectivity index (χ4v) is 1.55. The summed E-state index contributed by atoms with van der Waals surface area (Å²) in [6, 6.07) is 8.76. The van der Waals surface area contributed by atoms with E-state index in [1.54, 1.807) is 37.4 Å². The van der Waals surface area contributed by atoms with Crippen molar-refractivity contribution in [2.24, 2.45) is 0 Å². The van der Waals surface area contributed by atoms with Crippen molar-refractivity contribution in [3.8, 4) is 11.3 Å². The van der Waals surface area contributed by atoms with Crippen molar-refractivity contribution < 1.29 is 18.8 Å². The standard InChI is InChI=1S/C13H13NO4/c1-16-8-11-7-12(14-18-11)9-3-5-10(6-4-9)13(15)17-2/h3-7H,8H2,1-2H3. The molecule has 0 radical (unpaired) electrons. The first-order valence-electron chi connectivity index (χ1n) is 5.38. The minimum absolute atomic E-state index is 0.359. The van der Waals surface area contributed by atoms with Crippen molar-refractivity contribution in [2.45, 2.75) is 6.61 Å². The SMILES string of the molecule is COCc1cc(-c2ccc(C(=O)OC)cc2)no1. The van der Waals surface area contributed by atoms with Gasteiger partial charge in [0.25, 0.3) is 0 Å². The van der Waals surface area contributed by atoms with Crippen LogP contribution in [0.2, 0.25) is 0 Å². The van der Waals surface area contributed by atoms with E-state index < -0.39 is 0 Å². The Morgan fingerprint density at radius 1 is 1.28 bits per heavy atom. The van der Waals surface area contributed by atoms with Gasteiger partial charge in [-0.25, -0.2) is 4.79 Å². The number of nitrogens with zero attached hydrogens (tertiary/aromatic N) is 1. The third-order valence-corrected chi connectivity index (χ3v) is 2.45. The third-order valence-electron chi connectivity index (χ3n) is 2.45. The summed E-state index contributed by atoms with van der Waals surface area (Å²) in [6.45, 7) is 0.382. The van der Waals surface area contributed by atoms with Crippen LogP contribution in [0, 0.1) is 0 Å². The predicted molar refractivity (Wildman–Crippen MR) is 64.0 cm³/mol. The van der Waals surface area contributed by atoms with Gasteiger partial charge < -0.3 is 14.0 Å². The summed E-state index contributed by atoms with van der Waals surface area (Å²) in [6.07, 6.45) is 0. The summed E-state index contributed by atoms with van der Waals surface area (Å²) in [5.41, 5.74) is 2.08. The van der Waals surface area contributed by atoms with Gasteiger partial charge >= 0.3 is 5.97 Å². The van der Waals surface area contributed by atoms with Gasteiger partial charge in [-0.2, -0.15) is 0 Å². The molecule has 5 heteroatoms. The molecule has 0 amide bonds. The fraction of sp³-hybridized carbons (Fsp3) is 0.231. The summed E-state index contributed by atoms with van der Waals surface area (Å²) in [4.78, 5) is 11.3. The molecule has 0 unspecified atom stereocenters. The summed E-state index contributed by atoms with van der Waals surface area (Å²) < 4.78 is 14.7.